The summed E-state index contributed by atoms with van der Waals surface area (Å²) >= 11 is 0. The molecule has 0 fully saturated rings. The van der Waals surface area contributed by atoms with E-state index in [0.717, 1.165) is 0 Å². The van der Waals surface area contributed by atoms with Crippen LogP contribution in [0.1, 0.15) is 174 Å². The molecule has 0 saturated carbocycles. The van der Waals surface area contributed by atoms with Crippen LogP contribution < -0.4 is 0 Å². The first-order valence-corrected chi connectivity index (χ1v) is 21.5. The largest absolute Gasteiger partial charge is 0.0683 e. The highest BCUT2D eigenvalue weighted by Crippen LogP contribution is 2.54. The molecule has 0 nitrogen and oxygen atoms in total. The summed E-state index contributed by atoms with van der Waals surface area (Å²) in [5.41, 5.74) is 18.9. The van der Waals surface area contributed by atoms with E-state index in [1.807, 2.05) is 13.8 Å². The molecule has 0 aromatic heterocycles. The van der Waals surface area contributed by atoms with Crippen molar-refractivity contribution in [3.05, 3.63) is 128 Å². The summed E-state index contributed by atoms with van der Waals surface area (Å²) in [4.78, 5) is 0. The molecule has 0 aliphatic heterocycles. The van der Waals surface area contributed by atoms with Gasteiger partial charge in [-0.15, -0.1) is 0 Å². The maximum absolute atomic E-state index is 2.63. The predicted octanol–water partition coefficient (Wildman–Crippen LogP) is 14.6. The number of benzene rings is 4. The molecule has 0 spiro atoms. The molecule has 0 unspecified atom stereocenters. The lowest BCUT2D eigenvalue weighted by molar-refractivity contribution is 0.399. The molecule has 0 bridgehead atoms. The maximum Gasteiger partial charge on any atom is 0.0215 e. The fourth-order valence-electron chi connectivity index (χ4n) is 8.79. The summed E-state index contributed by atoms with van der Waals surface area (Å²) in [6.07, 6.45) is 26.0. The molecule has 4 aromatic carbocycles. The number of rotatable bonds is 17. The minimum Gasteiger partial charge on any atom is -0.0683 e. The maximum atomic E-state index is 2.63. The zero-order chi connectivity index (χ0) is 36.1. The Labute approximate surface area is 313 Å². The second-order valence-corrected chi connectivity index (χ2v) is 15.8. The number of aryl methyl sites for hydroxylation is 8. The first-order chi connectivity index (χ1) is 25.0. The van der Waals surface area contributed by atoms with Crippen molar-refractivity contribution < 1.29 is 0 Å². The van der Waals surface area contributed by atoms with Crippen LogP contribution in [-0.2, 0) is 50.4 Å². The molecule has 0 amide bonds. The summed E-state index contributed by atoms with van der Waals surface area (Å²) in [5, 5.41) is 0. The average molecular weight is 683 g/mol. The van der Waals surface area contributed by atoms with Gasteiger partial charge in [0.05, 0.1) is 0 Å². The lowest BCUT2D eigenvalue weighted by atomic mass is 9.70. The van der Waals surface area contributed by atoms with Gasteiger partial charge in [0.1, 0.15) is 0 Å². The Bertz CT molecular complexity index is 1600. The summed E-state index contributed by atoms with van der Waals surface area (Å²) in [5.74, 6) is 0. The van der Waals surface area contributed by atoms with E-state index < -0.39 is 0 Å². The lowest BCUT2D eigenvalue weighted by Gasteiger charge is -2.33. The Morgan fingerprint density at radius 1 is 0.431 bits per heavy atom. The van der Waals surface area contributed by atoms with Gasteiger partial charge >= 0.3 is 0 Å². The molecular formula is C51H70. The van der Waals surface area contributed by atoms with E-state index >= 15 is 0 Å². The van der Waals surface area contributed by atoms with Crippen molar-refractivity contribution in [2.75, 3.05) is 0 Å². The van der Waals surface area contributed by atoms with Crippen LogP contribution in [-0.4, -0.2) is 0 Å². The van der Waals surface area contributed by atoms with Gasteiger partial charge in [0, 0.05) is 5.41 Å². The third-order valence-corrected chi connectivity index (χ3v) is 12.1. The van der Waals surface area contributed by atoms with E-state index in [1.54, 1.807) is 44.5 Å². The molecule has 274 valence electrons. The quantitative estimate of drug-likeness (QED) is 0.0973. The van der Waals surface area contributed by atoms with Gasteiger partial charge in [0.15, 0.2) is 0 Å². The Morgan fingerprint density at radius 2 is 0.882 bits per heavy atom. The number of fused-ring (bicyclic) bond motifs is 5. The van der Waals surface area contributed by atoms with Crippen LogP contribution >= 0.6 is 0 Å². The van der Waals surface area contributed by atoms with Crippen molar-refractivity contribution in [1.82, 2.24) is 0 Å². The molecule has 0 radical (unpaired) electrons. The van der Waals surface area contributed by atoms with Crippen LogP contribution in [0.4, 0.5) is 0 Å². The fraction of sp³-hybridized carbons (Fsp3) is 0.529. The van der Waals surface area contributed by atoms with Crippen molar-refractivity contribution in [3.63, 3.8) is 0 Å². The molecule has 0 heteroatoms. The van der Waals surface area contributed by atoms with E-state index in [0.29, 0.717) is 0 Å². The molecule has 0 saturated heterocycles. The topological polar surface area (TPSA) is 0 Å². The minimum atomic E-state index is 0.171. The van der Waals surface area contributed by atoms with Crippen molar-refractivity contribution in [3.8, 4) is 11.1 Å². The summed E-state index contributed by atoms with van der Waals surface area (Å²) in [6, 6.07) is 29.4. The van der Waals surface area contributed by atoms with Crippen molar-refractivity contribution in [2.45, 2.75) is 175 Å². The minimum absolute atomic E-state index is 0.171. The standard InChI is InChI=1S/C45H54.C4H10.C2H6/c1-3-12-34-18-26-42-41-25-15-33(2)29-43(41)45(44(42)32-34,27-10-6-4-8-13-35-16-19-37-21-23-39(37)30-35)28-11-7-5-9-14-36-17-20-38-22-24-40(38)31-36;1-3-4-2;1-2/h15-20,25-26,29-32H,3-14,21-24,27-28H2,1-2H3;3-4H2,1-2H3;1-2H3. The molecule has 0 heterocycles. The normalized spacial score (nSPS) is 14.0. The summed E-state index contributed by atoms with van der Waals surface area (Å²) in [7, 11) is 0. The zero-order valence-electron chi connectivity index (χ0n) is 33.6. The van der Waals surface area contributed by atoms with E-state index in [9.17, 15) is 0 Å². The second-order valence-electron chi connectivity index (χ2n) is 15.8. The highest BCUT2D eigenvalue weighted by atomic mass is 14.4. The first-order valence-electron chi connectivity index (χ1n) is 21.5. The number of hydrogen-bond acceptors (Lipinski definition) is 0. The number of unbranched alkanes of at least 4 members (excludes halogenated alkanes) is 7. The van der Waals surface area contributed by atoms with Gasteiger partial charge in [-0.05, 0) is 139 Å². The zero-order valence-corrected chi connectivity index (χ0v) is 33.6. The number of hydrogen-bond donors (Lipinski definition) is 0. The smallest absolute Gasteiger partial charge is 0.0215 e. The van der Waals surface area contributed by atoms with Gasteiger partial charge in [0.25, 0.3) is 0 Å². The Morgan fingerprint density at radius 3 is 1.35 bits per heavy atom. The Hall–Kier alpha value is -3.12. The SMILES string of the molecule is CC.CCCC.CCCc1ccc2c(c1)C(CCCCCCc1ccc3c(c1)CC3)(CCCCCCc1ccc3c(c1)CC3)c1cc(C)ccc1-2. The van der Waals surface area contributed by atoms with Crippen molar-refractivity contribution in [2.24, 2.45) is 0 Å². The molecule has 7 rings (SSSR count). The fourth-order valence-corrected chi connectivity index (χ4v) is 8.79. The van der Waals surface area contributed by atoms with Gasteiger partial charge in [-0.25, -0.2) is 0 Å². The van der Waals surface area contributed by atoms with Crippen molar-refractivity contribution in [1.29, 1.82) is 0 Å². The average Bonchev–Trinajstić information content (AvgIpc) is 3.38. The van der Waals surface area contributed by atoms with Gasteiger partial charge in [-0.1, -0.05) is 171 Å². The van der Waals surface area contributed by atoms with Crippen LogP contribution in [0.25, 0.3) is 11.1 Å². The van der Waals surface area contributed by atoms with E-state index in [2.05, 4.69) is 100 Å². The van der Waals surface area contributed by atoms with E-state index in [4.69, 9.17) is 0 Å². The molecule has 0 N–H and O–H groups in total. The van der Waals surface area contributed by atoms with Crippen LogP contribution in [0.3, 0.4) is 0 Å². The van der Waals surface area contributed by atoms with E-state index in [1.165, 1.54) is 151 Å². The lowest BCUT2D eigenvalue weighted by Crippen LogP contribution is -2.26. The van der Waals surface area contributed by atoms with Crippen LogP contribution in [0.2, 0.25) is 0 Å². The molecule has 51 heavy (non-hydrogen) atoms. The van der Waals surface area contributed by atoms with Crippen LogP contribution in [0, 0.1) is 6.92 Å². The first kappa shape index (κ1) is 39.1. The summed E-state index contributed by atoms with van der Waals surface area (Å²) in [6.45, 7) is 13.0. The monoisotopic (exact) mass is 683 g/mol. The van der Waals surface area contributed by atoms with Gasteiger partial charge in [0.2, 0.25) is 0 Å². The van der Waals surface area contributed by atoms with Crippen LogP contribution in [0.5, 0.6) is 0 Å². The third kappa shape index (κ3) is 9.66. The van der Waals surface area contributed by atoms with Crippen molar-refractivity contribution >= 4 is 0 Å². The third-order valence-electron chi connectivity index (χ3n) is 12.1. The molecule has 3 aliphatic carbocycles. The van der Waals surface area contributed by atoms with Crippen LogP contribution in [0.15, 0.2) is 72.8 Å². The molecule has 3 aliphatic rings. The summed E-state index contributed by atoms with van der Waals surface area (Å²) < 4.78 is 0. The molecular weight excluding hydrogens is 613 g/mol. The predicted molar refractivity (Wildman–Crippen MR) is 225 cm³/mol. The Balaban J connectivity index is 0.000000787. The van der Waals surface area contributed by atoms with E-state index in [-0.39, 0.29) is 5.41 Å². The van der Waals surface area contributed by atoms with Gasteiger partial charge in [-0.2, -0.15) is 0 Å². The van der Waals surface area contributed by atoms with Gasteiger partial charge < -0.3 is 0 Å². The highest BCUT2D eigenvalue weighted by Gasteiger charge is 2.42. The second kappa shape index (κ2) is 19.6. The van der Waals surface area contributed by atoms with Gasteiger partial charge in [-0.3, -0.25) is 0 Å². The highest BCUT2D eigenvalue weighted by molar-refractivity contribution is 5.81. The Kier molecular flexibility index (Phi) is 15.1. The molecule has 4 aromatic rings. The molecule has 0 atom stereocenters.